The molecule has 2 nitrogen and oxygen atoms in total. The molecule has 0 aromatic rings. The summed E-state index contributed by atoms with van der Waals surface area (Å²) >= 11 is 2.09. The van der Waals surface area contributed by atoms with E-state index in [2.05, 4.69) is 37.4 Å². The van der Waals surface area contributed by atoms with Crippen LogP contribution in [0.2, 0.25) is 0 Å². The molecule has 1 rings (SSSR count). The van der Waals surface area contributed by atoms with E-state index in [1.807, 2.05) is 0 Å². The second kappa shape index (κ2) is 5.38. The molecule has 2 N–H and O–H groups in total. The van der Waals surface area contributed by atoms with Gasteiger partial charge >= 0.3 is 0 Å². The SMILES string of the molecule is CCCC(CN)N1CCSC(C)(C)C1. The fourth-order valence-electron chi connectivity index (χ4n) is 2.15. The summed E-state index contributed by atoms with van der Waals surface area (Å²) in [6.07, 6.45) is 2.49. The largest absolute Gasteiger partial charge is 0.329 e. The van der Waals surface area contributed by atoms with Gasteiger partial charge in [-0.15, -0.1) is 0 Å². The van der Waals surface area contributed by atoms with Gasteiger partial charge in [0.05, 0.1) is 0 Å². The summed E-state index contributed by atoms with van der Waals surface area (Å²) in [4.78, 5) is 2.58. The molecule has 0 aromatic carbocycles. The molecule has 1 heterocycles. The Labute approximate surface area is 92.6 Å². The van der Waals surface area contributed by atoms with Crippen LogP contribution in [0.15, 0.2) is 0 Å². The summed E-state index contributed by atoms with van der Waals surface area (Å²) in [7, 11) is 0. The molecule has 1 aliphatic heterocycles. The second-order valence-electron chi connectivity index (χ2n) is 4.76. The Balaban J connectivity index is 2.49. The normalized spacial score (nSPS) is 24.9. The maximum absolute atomic E-state index is 5.83. The first-order valence-corrected chi connectivity index (χ1v) is 6.65. The van der Waals surface area contributed by atoms with Crippen LogP contribution >= 0.6 is 11.8 Å². The Hall–Kier alpha value is 0.270. The molecule has 3 heteroatoms. The van der Waals surface area contributed by atoms with E-state index in [0.717, 1.165) is 6.54 Å². The van der Waals surface area contributed by atoms with Crippen molar-refractivity contribution in [2.75, 3.05) is 25.4 Å². The van der Waals surface area contributed by atoms with Gasteiger partial charge in [0, 0.05) is 36.2 Å². The highest BCUT2D eigenvalue weighted by molar-refractivity contribution is 8.00. The van der Waals surface area contributed by atoms with Crippen molar-refractivity contribution in [2.45, 2.75) is 44.4 Å². The number of hydrogen-bond donors (Lipinski definition) is 1. The molecular weight excluding hydrogens is 192 g/mol. The van der Waals surface area contributed by atoms with Gasteiger partial charge in [0.25, 0.3) is 0 Å². The van der Waals surface area contributed by atoms with Crippen molar-refractivity contribution in [1.82, 2.24) is 4.90 Å². The minimum Gasteiger partial charge on any atom is -0.329 e. The molecule has 0 aliphatic carbocycles. The molecule has 1 atom stereocenters. The third kappa shape index (κ3) is 3.44. The van der Waals surface area contributed by atoms with Crippen molar-refractivity contribution in [2.24, 2.45) is 5.73 Å². The van der Waals surface area contributed by atoms with Crippen LogP contribution in [-0.2, 0) is 0 Å². The number of rotatable bonds is 4. The van der Waals surface area contributed by atoms with E-state index in [0.29, 0.717) is 10.8 Å². The number of nitrogens with zero attached hydrogens (tertiary/aromatic N) is 1. The average Bonchev–Trinajstić information content (AvgIpc) is 2.12. The molecule has 1 unspecified atom stereocenters. The van der Waals surface area contributed by atoms with Crippen LogP contribution in [0.1, 0.15) is 33.6 Å². The summed E-state index contributed by atoms with van der Waals surface area (Å²) < 4.78 is 0.416. The van der Waals surface area contributed by atoms with Gasteiger partial charge in [-0.2, -0.15) is 11.8 Å². The molecule has 1 fully saturated rings. The zero-order valence-corrected chi connectivity index (χ0v) is 10.6. The summed E-state index contributed by atoms with van der Waals surface area (Å²) in [5, 5.41) is 0. The van der Waals surface area contributed by atoms with Crippen molar-refractivity contribution < 1.29 is 0 Å². The van der Waals surface area contributed by atoms with Gasteiger partial charge in [-0.25, -0.2) is 0 Å². The van der Waals surface area contributed by atoms with E-state index >= 15 is 0 Å². The monoisotopic (exact) mass is 216 g/mol. The van der Waals surface area contributed by atoms with E-state index < -0.39 is 0 Å². The first-order chi connectivity index (χ1) is 6.59. The van der Waals surface area contributed by atoms with Crippen LogP contribution < -0.4 is 5.73 Å². The molecule has 14 heavy (non-hydrogen) atoms. The number of thioether (sulfide) groups is 1. The molecule has 1 aliphatic rings. The van der Waals surface area contributed by atoms with Gasteiger partial charge in [-0.05, 0) is 20.3 Å². The fraction of sp³-hybridized carbons (Fsp3) is 1.00. The first kappa shape index (κ1) is 12.3. The lowest BCUT2D eigenvalue weighted by molar-refractivity contribution is 0.181. The Kier molecular flexibility index (Phi) is 4.74. The lowest BCUT2D eigenvalue weighted by atomic mass is 10.1. The van der Waals surface area contributed by atoms with Gasteiger partial charge in [0.1, 0.15) is 0 Å². The maximum atomic E-state index is 5.83. The molecule has 0 bridgehead atoms. The van der Waals surface area contributed by atoms with Crippen molar-refractivity contribution in [3.8, 4) is 0 Å². The van der Waals surface area contributed by atoms with Crippen LogP contribution in [0.3, 0.4) is 0 Å². The van der Waals surface area contributed by atoms with Gasteiger partial charge in [-0.1, -0.05) is 13.3 Å². The van der Waals surface area contributed by atoms with Crippen molar-refractivity contribution in [1.29, 1.82) is 0 Å². The van der Waals surface area contributed by atoms with Crippen LogP contribution in [0.25, 0.3) is 0 Å². The minimum absolute atomic E-state index is 0.416. The summed E-state index contributed by atoms with van der Waals surface area (Å²) in [6.45, 7) is 10.1. The maximum Gasteiger partial charge on any atom is 0.0231 e. The van der Waals surface area contributed by atoms with Gasteiger partial charge < -0.3 is 5.73 Å². The van der Waals surface area contributed by atoms with E-state index in [9.17, 15) is 0 Å². The van der Waals surface area contributed by atoms with Gasteiger partial charge in [0.15, 0.2) is 0 Å². The smallest absolute Gasteiger partial charge is 0.0231 e. The summed E-state index contributed by atoms with van der Waals surface area (Å²) in [6, 6.07) is 0.611. The highest BCUT2D eigenvalue weighted by Gasteiger charge is 2.29. The molecule has 0 saturated carbocycles. The second-order valence-corrected chi connectivity index (χ2v) is 6.56. The molecule has 0 radical (unpaired) electrons. The lowest BCUT2D eigenvalue weighted by Gasteiger charge is -2.41. The molecule has 0 amide bonds. The van der Waals surface area contributed by atoms with Crippen molar-refractivity contribution >= 4 is 11.8 Å². The summed E-state index contributed by atoms with van der Waals surface area (Å²) in [5.74, 6) is 1.26. The van der Waals surface area contributed by atoms with E-state index in [1.165, 1.54) is 31.7 Å². The van der Waals surface area contributed by atoms with Crippen LogP contribution in [0.4, 0.5) is 0 Å². The first-order valence-electron chi connectivity index (χ1n) is 5.67. The highest BCUT2D eigenvalue weighted by Crippen LogP contribution is 2.30. The Morgan fingerprint density at radius 3 is 2.71 bits per heavy atom. The predicted octanol–water partition coefficient (Wildman–Crippen LogP) is 1.94. The van der Waals surface area contributed by atoms with E-state index in [-0.39, 0.29) is 0 Å². The zero-order valence-electron chi connectivity index (χ0n) is 9.75. The van der Waals surface area contributed by atoms with Gasteiger partial charge in [-0.3, -0.25) is 4.90 Å². The van der Waals surface area contributed by atoms with Gasteiger partial charge in [0.2, 0.25) is 0 Å². The minimum atomic E-state index is 0.416. The van der Waals surface area contributed by atoms with Crippen LogP contribution in [0, 0.1) is 0 Å². The Bertz CT molecular complexity index is 171. The lowest BCUT2D eigenvalue weighted by Crippen LogP contribution is -2.50. The standard InChI is InChI=1S/C11H24N2S/c1-4-5-10(8-12)13-6-7-14-11(2,3)9-13/h10H,4-9,12H2,1-3H3. The van der Waals surface area contributed by atoms with Crippen LogP contribution in [-0.4, -0.2) is 41.1 Å². The number of nitrogens with two attached hydrogens (primary N) is 1. The van der Waals surface area contributed by atoms with E-state index in [4.69, 9.17) is 5.73 Å². The van der Waals surface area contributed by atoms with Crippen LogP contribution in [0.5, 0.6) is 0 Å². The topological polar surface area (TPSA) is 29.3 Å². The predicted molar refractivity (Wildman–Crippen MR) is 65.9 cm³/mol. The molecule has 1 saturated heterocycles. The zero-order chi connectivity index (χ0) is 10.6. The van der Waals surface area contributed by atoms with E-state index in [1.54, 1.807) is 0 Å². The third-order valence-electron chi connectivity index (χ3n) is 2.87. The number of hydrogen-bond acceptors (Lipinski definition) is 3. The third-order valence-corrected chi connectivity index (χ3v) is 4.16. The average molecular weight is 216 g/mol. The molecular formula is C11H24N2S. The fourth-order valence-corrected chi connectivity index (χ4v) is 3.28. The van der Waals surface area contributed by atoms with Crippen molar-refractivity contribution in [3.05, 3.63) is 0 Å². The Morgan fingerprint density at radius 2 is 2.21 bits per heavy atom. The quantitative estimate of drug-likeness (QED) is 0.779. The summed E-state index contributed by atoms with van der Waals surface area (Å²) in [5.41, 5.74) is 5.83. The Morgan fingerprint density at radius 1 is 1.50 bits per heavy atom. The molecule has 84 valence electrons. The molecule has 0 aromatic heterocycles. The van der Waals surface area contributed by atoms with Crippen molar-refractivity contribution in [3.63, 3.8) is 0 Å². The molecule has 0 spiro atoms. The highest BCUT2D eigenvalue weighted by atomic mass is 32.2.